The van der Waals surface area contributed by atoms with Gasteiger partial charge in [0.2, 0.25) is 0 Å². The average molecular weight is 796 g/mol. The van der Waals surface area contributed by atoms with E-state index >= 15 is 0 Å². The van der Waals surface area contributed by atoms with Gasteiger partial charge < -0.3 is 4.90 Å². The summed E-state index contributed by atoms with van der Waals surface area (Å²) in [4.78, 5) is 2.78. The fourth-order valence-electron chi connectivity index (χ4n) is 8.63. The van der Waals surface area contributed by atoms with Crippen molar-refractivity contribution in [1.29, 1.82) is 0 Å². The van der Waals surface area contributed by atoms with Gasteiger partial charge in [-0.3, -0.25) is 0 Å². The number of allylic oxidation sites excluding steroid dienone is 6. The highest BCUT2D eigenvalue weighted by Gasteiger charge is 2.14. The molecule has 0 bridgehead atoms. The molecule has 0 aromatic carbocycles. The molecule has 0 aromatic rings. The summed E-state index contributed by atoms with van der Waals surface area (Å²) in [5.41, 5.74) is 0. The summed E-state index contributed by atoms with van der Waals surface area (Å²) >= 11 is 0. The Kier molecular flexibility index (Phi) is 50.6. The Hall–Kier alpha value is -0.820. The predicted molar refractivity (Wildman–Crippen MR) is 264 cm³/mol. The van der Waals surface area contributed by atoms with E-state index in [1.165, 1.54) is 289 Å². The Bertz CT molecular complexity index is 751. The minimum Gasteiger partial charge on any atom is -0.303 e. The maximum Gasteiger partial charge on any atom is 0.00922 e. The molecule has 0 spiro atoms. The zero-order valence-corrected chi connectivity index (χ0v) is 40.3. The quantitative estimate of drug-likeness (QED) is 0.0438. The van der Waals surface area contributed by atoms with Crippen molar-refractivity contribution in [2.24, 2.45) is 0 Å². The molecule has 0 atom stereocenters. The van der Waals surface area contributed by atoms with Crippen molar-refractivity contribution in [3.63, 3.8) is 0 Å². The van der Waals surface area contributed by atoms with E-state index in [4.69, 9.17) is 0 Å². The Morgan fingerprint density at radius 3 is 0.737 bits per heavy atom. The largest absolute Gasteiger partial charge is 0.303 e. The molecule has 0 heterocycles. The van der Waals surface area contributed by atoms with Crippen molar-refractivity contribution in [3.8, 4) is 0 Å². The lowest BCUT2D eigenvalue weighted by atomic mass is 9.98. The molecular weight excluding hydrogens is 687 g/mol. The van der Waals surface area contributed by atoms with Crippen LogP contribution >= 0.6 is 0 Å². The second-order valence-electron chi connectivity index (χ2n) is 18.5. The lowest BCUT2D eigenvalue weighted by molar-refractivity contribution is 0.205. The Morgan fingerprint density at radius 1 is 0.263 bits per heavy atom. The second-order valence-corrected chi connectivity index (χ2v) is 18.5. The van der Waals surface area contributed by atoms with Crippen molar-refractivity contribution < 1.29 is 0 Å². The SMILES string of the molecule is CCCCCCCC/C=C\CCCCCCCCC(CCCCCCCC/C=C\CCCCCCCC)N(C)CCCCCCCC/C=C\CCCCCCCC. The summed E-state index contributed by atoms with van der Waals surface area (Å²) in [6.45, 7) is 8.23. The molecule has 338 valence electrons. The summed E-state index contributed by atoms with van der Waals surface area (Å²) in [6.07, 6.45) is 76.6. The maximum atomic E-state index is 2.78. The van der Waals surface area contributed by atoms with Crippen LogP contribution in [0.2, 0.25) is 0 Å². The zero-order chi connectivity index (χ0) is 41.2. The van der Waals surface area contributed by atoms with Gasteiger partial charge in [-0.2, -0.15) is 0 Å². The van der Waals surface area contributed by atoms with E-state index in [0.717, 1.165) is 6.04 Å². The lowest BCUT2D eigenvalue weighted by Crippen LogP contribution is -2.32. The van der Waals surface area contributed by atoms with Gasteiger partial charge in [0.1, 0.15) is 0 Å². The van der Waals surface area contributed by atoms with Gasteiger partial charge in [-0.25, -0.2) is 0 Å². The standard InChI is InChI=1S/C56H109N/c1-5-8-11-14-17-20-23-26-29-32-35-38-41-44-47-50-53-56(54-51-48-45-42-39-36-33-30-27-24-21-18-15-12-9-6-2)57(4)55-52-49-46-43-40-37-34-31-28-25-22-19-16-13-10-7-3/h26-31,56H,5-25,32-55H2,1-4H3/b29-26-,30-27-,31-28-. The van der Waals surface area contributed by atoms with Crippen molar-refractivity contribution in [1.82, 2.24) is 4.90 Å². The van der Waals surface area contributed by atoms with Crippen LogP contribution < -0.4 is 0 Å². The molecule has 0 aliphatic heterocycles. The Labute approximate surface area is 363 Å². The molecule has 0 radical (unpaired) electrons. The van der Waals surface area contributed by atoms with Crippen LogP contribution in [0.25, 0.3) is 0 Å². The van der Waals surface area contributed by atoms with Crippen LogP contribution in [0.3, 0.4) is 0 Å². The van der Waals surface area contributed by atoms with E-state index in [2.05, 4.69) is 69.2 Å². The van der Waals surface area contributed by atoms with Crippen molar-refractivity contribution in [2.75, 3.05) is 13.6 Å². The van der Waals surface area contributed by atoms with E-state index in [9.17, 15) is 0 Å². The monoisotopic (exact) mass is 796 g/mol. The van der Waals surface area contributed by atoms with Gasteiger partial charge in [-0.1, -0.05) is 243 Å². The second kappa shape index (κ2) is 51.3. The van der Waals surface area contributed by atoms with Crippen LogP contribution in [0.5, 0.6) is 0 Å². The Balaban J connectivity index is 4.18. The van der Waals surface area contributed by atoms with E-state index in [0.29, 0.717) is 0 Å². The third-order valence-corrected chi connectivity index (χ3v) is 12.7. The smallest absolute Gasteiger partial charge is 0.00922 e. The highest BCUT2D eigenvalue weighted by Crippen LogP contribution is 2.20. The van der Waals surface area contributed by atoms with Gasteiger partial charge in [0.25, 0.3) is 0 Å². The third-order valence-electron chi connectivity index (χ3n) is 12.7. The molecule has 0 saturated carbocycles. The van der Waals surface area contributed by atoms with Crippen LogP contribution in [0.15, 0.2) is 36.5 Å². The molecule has 57 heavy (non-hydrogen) atoms. The highest BCUT2D eigenvalue weighted by molar-refractivity contribution is 4.83. The molecule has 0 amide bonds. The molecule has 0 aromatic heterocycles. The van der Waals surface area contributed by atoms with Gasteiger partial charge in [-0.05, 0) is 110 Å². The van der Waals surface area contributed by atoms with Gasteiger partial charge in [0.05, 0.1) is 0 Å². The third kappa shape index (κ3) is 47.7. The van der Waals surface area contributed by atoms with Crippen LogP contribution in [0, 0.1) is 0 Å². The van der Waals surface area contributed by atoms with E-state index in [1.807, 2.05) is 0 Å². The minimum atomic E-state index is 0.807. The van der Waals surface area contributed by atoms with Gasteiger partial charge >= 0.3 is 0 Å². The molecular formula is C56H109N. The molecule has 0 aliphatic carbocycles. The number of hydrogen-bond donors (Lipinski definition) is 0. The fraction of sp³-hybridized carbons (Fsp3) is 0.893. The van der Waals surface area contributed by atoms with E-state index < -0.39 is 0 Å². The molecule has 0 rings (SSSR count). The van der Waals surface area contributed by atoms with Gasteiger partial charge in [0.15, 0.2) is 0 Å². The van der Waals surface area contributed by atoms with Crippen LogP contribution in [0.1, 0.15) is 303 Å². The molecule has 0 unspecified atom stereocenters. The van der Waals surface area contributed by atoms with E-state index in [1.54, 1.807) is 0 Å². The highest BCUT2D eigenvalue weighted by atomic mass is 15.1. The summed E-state index contributed by atoms with van der Waals surface area (Å²) in [5, 5.41) is 0. The van der Waals surface area contributed by atoms with Gasteiger partial charge in [0, 0.05) is 6.04 Å². The van der Waals surface area contributed by atoms with Crippen LogP contribution in [-0.4, -0.2) is 24.5 Å². The van der Waals surface area contributed by atoms with Gasteiger partial charge in [-0.15, -0.1) is 0 Å². The first kappa shape index (κ1) is 56.2. The van der Waals surface area contributed by atoms with Crippen molar-refractivity contribution in [2.45, 2.75) is 309 Å². The maximum absolute atomic E-state index is 2.78. The number of nitrogens with zero attached hydrogens (tertiary/aromatic N) is 1. The van der Waals surface area contributed by atoms with E-state index in [-0.39, 0.29) is 0 Å². The van der Waals surface area contributed by atoms with Crippen LogP contribution in [0.4, 0.5) is 0 Å². The molecule has 0 N–H and O–H groups in total. The normalized spacial score (nSPS) is 12.3. The first-order valence-electron chi connectivity index (χ1n) is 26.9. The Morgan fingerprint density at radius 2 is 0.474 bits per heavy atom. The molecule has 0 saturated heterocycles. The molecule has 0 aliphatic rings. The number of unbranched alkanes of at least 4 members (excludes halogenated alkanes) is 36. The first-order chi connectivity index (χ1) is 28.3. The first-order valence-corrected chi connectivity index (χ1v) is 26.9. The summed E-state index contributed by atoms with van der Waals surface area (Å²) in [5.74, 6) is 0. The lowest BCUT2D eigenvalue weighted by Gasteiger charge is -2.28. The topological polar surface area (TPSA) is 3.24 Å². The number of hydrogen-bond acceptors (Lipinski definition) is 1. The van der Waals surface area contributed by atoms with Crippen molar-refractivity contribution in [3.05, 3.63) is 36.5 Å². The molecule has 1 nitrogen and oxygen atoms in total. The number of rotatable bonds is 49. The molecule has 0 fully saturated rings. The zero-order valence-electron chi connectivity index (χ0n) is 40.3. The predicted octanol–water partition coefficient (Wildman–Crippen LogP) is 20.2. The van der Waals surface area contributed by atoms with Crippen LogP contribution in [-0.2, 0) is 0 Å². The average Bonchev–Trinajstić information content (AvgIpc) is 3.22. The summed E-state index contributed by atoms with van der Waals surface area (Å²) in [6, 6.07) is 0.807. The summed E-state index contributed by atoms with van der Waals surface area (Å²) < 4.78 is 0. The fourth-order valence-corrected chi connectivity index (χ4v) is 8.63. The molecule has 1 heteroatoms. The van der Waals surface area contributed by atoms with Crippen molar-refractivity contribution >= 4 is 0 Å². The summed E-state index contributed by atoms with van der Waals surface area (Å²) in [7, 11) is 2.46. The minimum absolute atomic E-state index is 0.807.